The lowest BCUT2D eigenvalue weighted by molar-refractivity contribution is -0.0592. The van der Waals surface area contributed by atoms with Gasteiger partial charge in [0.2, 0.25) is 5.88 Å². The van der Waals surface area contributed by atoms with Gasteiger partial charge in [-0.15, -0.1) is 0 Å². The molecule has 2 aliphatic heterocycles. The molecule has 8 nitrogen and oxygen atoms in total. The monoisotopic (exact) mass is 526 g/mol. The van der Waals surface area contributed by atoms with Crippen molar-refractivity contribution in [2.24, 2.45) is 5.92 Å². The number of aromatic nitrogens is 3. The van der Waals surface area contributed by atoms with Crippen LogP contribution >= 0.6 is 0 Å². The highest BCUT2D eigenvalue weighted by atomic mass is 16.5. The van der Waals surface area contributed by atoms with Crippen molar-refractivity contribution in [1.82, 2.24) is 19.4 Å². The molecule has 202 valence electrons. The average molecular weight is 527 g/mol. The van der Waals surface area contributed by atoms with Crippen molar-refractivity contribution < 1.29 is 19.4 Å². The number of fused-ring (bicyclic) bond motifs is 1. The zero-order valence-electron chi connectivity index (χ0n) is 22.0. The average Bonchev–Trinajstić information content (AvgIpc) is 3.26. The third kappa shape index (κ3) is 6.13. The third-order valence-electron chi connectivity index (χ3n) is 7.73. The van der Waals surface area contributed by atoms with Gasteiger partial charge in [-0.25, -0.2) is 14.8 Å². The quantitative estimate of drug-likeness (QED) is 0.313. The Morgan fingerprint density at radius 3 is 2.72 bits per heavy atom. The molecule has 4 heterocycles. The maximum absolute atomic E-state index is 11.6. The number of ether oxygens (including phenoxy) is 2. The zero-order chi connectivity index (χ0) is 26.6. The number of pyridine rings is 1. The molecule has 0 spiro atoms. The highest BCUT2D eigenvalue weighted by Gasteiger charge is 2.26. The van der Waals surface area contributed by atoms with Crippen molar-refractivity contribution >= 4 is 17.0 Å². The zero-order valence-corrected chi connectivity index (χ0v) is 22.0. The molecule has 0 aliphatic carbocycles. The Hall–Kier alpha value is -3.75. The van der Waals surface area contributed by atoms with Gasteiger partial charge in [-0.1, -0.05) is 36.4 Å². The summed E-state index contributed by atoms with van der Waals surface area (Å²) in [6.45, 7) is 4.72. The first-order chi connectivity index (χ1) is 19.1. The summed E-state index contributed by atoms with van der Waals surface area (Å²) in [5, 5.41) is 9.52. The highest BCUT2D eigenvalue weighted by Crippen LogP contribution is 2.26. The lowest BCUT2D eigenvalue weighted by atomic mass is 9.93. The number of carboxylic acids is 1. The number of hydrogen-bond acceptors (Lipinski definition) is 6. The fourth-order valence-corrected chi connectivity index (χ4v) is 5.60. The summed E-state index contributed by atoms with van der Waals surface area (Å²) in [6, 6.07) is 21.4. The van der Waals surface area contributed by atoms with Crippen molar-refractivity contribution in [3.8, 4) is 5.88 Å². The second kappa shape index (κ2) is 11.6. The topological polar surface area (TPSA) is 89.7 Å². The Morgan fingerprint density at radius 2 is 1.92 bits per heavy atom. The number of likely N-dealkylation sites (tertiary alicyclic amines) is 1. The molecule has 0 amide bonds. The first-order valence-electron chi connectivity index (χ1n) is 13.8. The van der Waals surface area contributed by atoms with Gasteiger partial charge in [-0.05, 0) is 68.0 Å². The summed E-state index contributed by atoms with van der Waals surface area (Å²) in [5.74, 6) is 1.21. The van der Waals surface area contributed by atoms with E-state index in [2.05, 4.69) is 27.7 Å². The van der Waals surface area contributed by atoms with Gasteiger partial charge >= 0.3 is 5.97 Å². The van der Waals surface area contributed by atoms with E-state index in [4.69, 9.17) is 19.4 Å². The van der Waals surface area contributed by atoms with Crippen molar-refractivity contribution in [3.63, 3.8) is 0 Å². The van der Waals surface area contributed by atoms with Crippen molar-refractivity contribution in [2.45, 2.75) is 51.5 Å². The first kappa shape index (κ1) is 25.5. The van der Waals surface area contributed by atoms with Crippen molar-refractivity contribution in [2.75, 3.05) is 19.7 Å². The molecule has 2 fully saturated rings. The number of benzene rings is 2. The summed E-state index contributed by atoms with van der Waals surface area (Å²) in [6.07, 6.45) is 4.38. The number of rotatable bonds is 10. The largest absolute Gasteiger partial charge is 0.478 e. The Bertz CT molecular complexity index is 1430. The SMILES string of the molecule is O=C(O)c1ccc2nc(CN3CCC[C@@H](Cc4cccc(OCc5ccccc5)n4)C3)n(C[C@@H]3CCO3)c2c1. The predicted molar refractivity (Wildman–Crippen MR) is 148 cm³/mol. The molecule has 0 radical (unpaired) electrons. The standard InChI is InChI=1S/C31H34N4O4/c36-31(37)24-11-12-27-28(17-24)35(19-26-13-15-38-26)29(33-27)20-34-14-5-8-23(18-34)16-25-9-4-10-30(32-25)39-21-22-6-2-1-3-7-22/h1-4,6-7,9-12,17,23,26H,5,8,13-16,18-21H2,(H,36,37)/t23-,26-/m0/s1. The van der Waals surface area contributed by atoms with Gasteiger partial charge in [-0.2, -0.15) is 0 Å². The van der Waals surface area contributed by atoms with E-state index >= 15 is 0 Å². The summed E-state index contributed by atoms with van der Waals surface area (Å²) < 4.78 is 13.8. The second-order valence-electron chi connectivity index (χ2n) is 10.6. The van der Waals surface area contributed by atoms with E-state index in [0.29, 0.717) is 24.9 Å². The molecule has 0 saturated carbocycles. The number of carboxylic acid groups (broad SMARTS) is 1. The summed E-state index contributed by atoms with van der Waals surface area (Å²) >= 11 is 0. The van der Waals surface area contributed by atoms with Crippen LogP contribution < -0.4 is 4.74 Å². The van der Waals surface area contributed by atoms with Gasteiger partial charge in [0.15, 0.2) is 0 Å². The van der Waals surface area contributed by atoms with E-state index in [1.54, 1.807) is 12.1 Å². The van der Waals surface area contributed by atoms with E-state index in [-0.39, 0.29) is 11.7 Å². The molecule has 0 unspecified atom stereocenters. The van der Waals surface area contributed by atoms with E-state index in [9.17, 15) is 9.90 Å². The van der Waals surface area contributed by atoms with Crippen LogP contribution in [0.25, 0.3) is 11.0 Å². The maximum atomic E-state index is 11.6. The number of nitrogens with zero attached hydrogens (tertiary/aromatic N) is 4. The fourth-order valence-electron chi connectivity index (χ4n) is 5.60. The van der Waals surface area contributed by atoms with E-state index in [0.717, 1.165) is 73.6 Å². The predicted octanol–water partition coefficient (Wildman–Crippen LogP) is 4.95. The molecule has 0 bridgehead atoms. The normalized spacial score (nSPS) is 19.6. The summed E-state index contributed by atoms with van der Waals surface area (Å²) in [5.41, 5.74) is 4.17. The minimum absolute atomic E-state index is 0.159. The Labute approximate surface area is 228 Å². The van der Waals surface area contributed by atoms with Gasteiger partial charge in [0.1, 0.15) is 12.4 Å². The van der Waals surface area contributed by atoms with Crippen LogP contribution in [0.4, 0.5) is 0 Å². The van der Waals surface area contributed by atoms with E-state index in [1.807, 2.05) is 36.4 Å². The smallest absolute Gasteiger partial charge is 0.335 e. The van der Waals surface area contributed by atoms with Crippen LogP contribution in [-0.4, -0.2) is 56.3 Å². The third-order valence-corrected chi connectivity index (χ3v) is 7.73. The second-order valence-corrected chi connectivity index (χ2v) is 10.6. The van der Waals surface area contributed by atoms with E-state index in [1.165, 1.54) is 6.42 Å². The molecule has 39 heavy (non-hydrogen) atoms. The highest BCUT2D eigenvalue weighted by molar-refractivity contribution is 5.92. The molecule has 8 heteroatoms. The lowest BCUT2D eigenvalue weighted by Crippen LogP contribution is -2.37. The lowest BCUT2D eigenvalue weighted by Gasteiger charge is -2.33. The molecule has 2 saturated heterocycles. The molecule has 2 atom stereocenters. The Balaban J connectivity index is 1.13. The van der Waals surface area contributed by atoms with Crippen molar-refractivity contribution in [3.05, 3.63) is 89.4 Å². The van der Waals surface area contributed by atoms with Crippen LogP contribution in [0.1, 0.15) is 46.7 Å². The van der Waals surface area contributed by atoms with Crippen LogP contribution in [0.5, 0.6) is 5.88 Å². The van der Waals surface area contributed by atoms with Crippen LogP contribution in [0.15, 0.2) is 66.7 Å². The Morgan fingerprint density at radius 1 is 1.05 bits per heavy atom. The van der Waals surface area contributed by atoms with Gasteiger partial charge in [0, 0.05) is 24.9 Å². The molecular weight excluding hydrogens is 492 g/mol. The first-order valence-corrected chi connectivity index (χ1v) is 13.8. The maximum Gasteiger partial charge on any atom is 0.335 e. The molecule has 6 rings (SSSR count). The number of carbonyl (C=O) groups is 1. The van der Waals surface area contributed by atoms with E-state index < -0.39 is 5.97 Å². The number of piperidine rings is 1. The summed E-state index contributed by atoms with van der Waals surface area (Å²) in [7, 11) is 0. The fraction of sp³-hybridized carbons (Fsp3) is 0.387. The Kier molecular flexibility index (Phi) is 7.56. The molecular formula is C31H34N4O4. The van der Waals surface area contributed by atoms with Crippen LogP contribution in [-0.2, 0) is 30.9 Å². The van der Waals surface area contributed by atoms with Gasteiger partial charge in [-0.3, -0.25) is 4.90 Å². The van der Waals surface area contributed by atoms with Crippen molar-refractivity contribution in [1.29, 1.82) is 0 Å². The molecule has 4 aromatic rings. The minimum atomic E-state index is -0.923. The van der Waals surface area contributed by atoms with Gasteiger partial charge in [0.25, 0.3) is 0 Å². The molecule has 2 aromatic heterocycles. The number of hydrogen-bond donors (Lipinski definition) is 1. The number of imidazole rings is 1. The molecule has 1 N–H and O–H groups in total. The summed E-state index contributed by atoms with van der Waals surface area (Å²) in [4.78, 5) is 23.8. The van der Waals surface area contributed by atoms with Gasteiger partial charge < -0.3 is 19.1 Å². The molecule has 2 aliphatic rings. The number of aromatic carboxylic acids is 1. The minimum Gasteiger partial charge on any atom is -0.478 e. The van der Waals surface area contributed by atoms with Crippen LogP contribution in [0.3, 0.4) is 0 Å². The molecule has 2 aromatic carbocycles. The van der Waals surface area contributed by atoms with Crippen LogP contribution in [0.2, 0.25) is 0 Å². The van der Waals surface area contributed by atoms with Crippen LogP contribution in [0, 0.1) is 5.92 Å². The van der Waals surface area contributed by atoms with Gasteiger partial charge in [0.05, 0.1) is 35.8 Å².